The molecule has 0 saturated heterocycles. The van der Waals surface area contributed by atoms with Gasteiger partial charge in [0.25, 0.3) is 0 Å². The third kappa shape index (κ3) is 6.91. The Bertz CT molecular complexity index is 576. The van der Waals surface area contributed by atoms with E-state index in [-0.39, 0.29) is 25.7 Å². The zero-order valence-electron chi connectivity index (χ0n) is 13.1. The fourth-order valence-corrected chi connectivity index (χ4v) is 2.17. The topological polar surface area (TPSA) is 139 Å². The van der Waals surface area contributed by atoms with Crippen LogP contribution in [0.5, 0.6) is 0 Å². The number of carbonyl (C=O) groups is 4. The van der Waals surface area contributed by atoms with Crippen molar-refractivity contribution in [1.82, 2.24) is 10.6 Å². The van der Waals surface area contributed by atoms with Crippen molar-refractivity contribution < 1.29 is 24.3 Å². The molecule has 0 heterocycles. The van der Waals surface area contributed by atoms with Gasteiger partial charge in [-0.25, -0.2) is 0 Å². The van der Waals surface area contributed by atoms with E-state index in [0.29, 0.717) is 6.41 Å². The van der Waals surface area contributed by atoms with Crippen LogP contribution >= 0.6 is 0 Å². The zero-order chi connectivity index (χ0) is 17.9. The Balaban J connectivity index is 2.67. The van der Waals surface area contributed by atoms with Gasteiger partial charge in [0.05, 0.1) is 0 Å². The van der Waals surface area contributed by atoms with Crippen LogP contribution in [-0.4, -0.2) is 41.4 Å². The number of carbonyl (C=O) groups excluding carboxylic acids is 3. The number of primary amides is 1. The van der Waals surface area contributed by atoms with Crippen molar-refractivity contribution in [1.29, 1.82) is 0 Å². The Morgan fingerprint density at radius 1 is 1.17 bits per heavy atom. The smallest absolute Gasteiger partial charge is 0.303 e. The Hall–Kier alpha value is -2.90. The minimum atomic E-state index is -0.987. The lowest BCUT2D eigenvalue weighted by Gasteiger charge is -2.20. The second kappa shape index (κ2) is 9.98. The average molecular weight is 335 g/mol. The van der Waals surface area contributed by atoms with E-state index in [0.717, 1.165) is 5.56 Å². The lowest BCUT2D eigenvalue weighted by molar-refractivity contribution is -0.137. The van der Waals surface area contributed by atoms with Gasteiger partial charge in [0.2, 0.25) is 18.2 Å². The number of carboxylic acids is 1. The van der Waals surface area contributed by atoms with Crippen molar-refractivity contribution in [3.05, 3.63) is 35.9 Å². The van der Waals surface area contributed by atoms with Gasteiger partial charge in [-0.15, -0.1) is 0 Å². The van der Waals surface area contributed by atoms with Crippen molar-refractivity contribution in [3.63, 3.8) is 0 Å². The lowest BCUT2D eigenvalue weighted by Crippen LogP contribution is -2.52. The molecule has 1 rings (SSSR count). The van der Waals surface area contributed by atoms with Crippen LogP contribution in [0.3, 0.4) is 0 Å². The molecule has 0 bridgehead atoms. The van der Waals surface area contributed by atoms with Crippen LogP contribution in [0.15, 0.2) is 30.3 Å². The predicted octanol–water partition coefficient (Wildman–Crippen LogP) is -0.431. The molecule has 8 nitrogen and oxygen atoms in total. The number of benzene rings is 1. The highest BCUT2D eigenvalue weighted by Gasteiger charge is 2.24. The molecule has 24 heavy (non-hydrogen) atoms. The van der Waals surface area contributed by atoms with Gasteiger partial charge >= 0.3 is 5.97 Å². The lowest BCUT2D eigenvalue weighted by atomic mass is 10.0. The van der Waals surface area contributed by atoms with Crippen LogP contribution < -0.4 is 16.4 Å². The molecule has 0 spiro atoms. The molecule has 0 saturated carbocycles. The van der Waals surface area contributed by atoms with Gasteiger partial charge < -0.3 is 21.5 Å². The standard InChI is InChI=1S/C16H21N3O5/c17-15(23)13(9-11-5-2-1-3-6-11)19-16(24)12(18-10-20)7-4-8-14(21)22/h1-3,5-6,10,12-13H,4,7-9H2,(H2,17,23)(H,18,20)(H,19,24)(H,21,22)/t12-,13?/m0/s1. The van der Waals surface area contributed by atoms with Gasteiger partial charge in [-0.2, -0.15) is 0 Å². The van der Waals surface area contributed by atoms with Crippen molar-refractivity contribution in [2.45, 2.75) is 37.8 Å². The normalized spacial score (nSPS) is 12.7. The maximum atomic E-state index is 12.2. The SMILES string of the molecule is NC(=O)C(Cc1ccccc1)NC(=O)[C@H](CCCC(=O)O)NC=O. The molecule has 130 valence electrons. The van der Waals surface area contributed by atoms with E-state index < -0.39 is 29.9 Å². The molecule has 0 aliphatic rings. The highest BCUT2D eigenvalue weighted by molar-refractivity contribution is 5.90. The molecule has 1 aromatic rings. The summed E-state index contributed by atoms with van der Waals surface area (Å²) in [6.45, 7) is 0. The largest absolute Gasteiger partial charge is 0.481 e. The molecular formula is C16H21N3O5. The maximum absolute atomic E-state index is 12.2. The fourth-order valence-electron chi connectivity index (χ4n) is 2.17. The summed E-state index contributed by atoms with van der Waals surface area (Å²) in [5.41, 5.74) is 6.15. The van der Waals surface area contributed by atoms with Gasteiger partial charge in [0.15, 0.2) is 0 Å². The summed E-state index contributed by atoms with van der Waals surface area (Å²) in [4.78, 5) is 44.9. The molecule has 5 N–H and O–H groups in total. The molecule has 0 aliphatic carbocycles. The summed E-state index contributed by atoms with van der Waals surface area (Å²) < 4.78 is 0. The predicted molar refractivity (Wildman–Crippen MR) is 85.7 cm³/mol. The van der Waals surface area contributed by atoms with Crippen molar-refractivity contribution in [2.75, 3.05) is 0 Å². The molecule has 0 aliphatic heterocycles. The Morgan fingerprint density at radius 3 is 2.38 bits per heavy atom. The number of nitrogens with one attached hydrogen (secondary N) is 2. The first kappa shape index (κ1) is 19.1. The van der Waals surface area contributed by atoms with E-state index in [9.17, 15) is 19.2 Å². The van der Waals surface area contributed by atoms with Gasteiger partial charge in [-0.1, -0.05) is 30.3 Å². The minimum Gasteiger partial charge on any atom is -0.481 e. The van der Waals surface area contributed by atoms with Gasteiger partial charge in [0, 0.05) is 12.8 Å². The van der Waals surface area contributed by atoms with E-state index in [1.54, 1.807) is 24.3 Å². The highest BCUT2D eigenvalue weighted by atomic mass is 16.4. The summed E-state index contributed by atoms with van der Waals surface area (Å²) in [6.07, 6.45) is 0.835. The van der Waals surface area contributed by atoms with Gasteiger partial charge in [-0.05, 0) is 18.4 Å². The Kier molecular flexibility index (Phi) is 7.97. The highest BCUT2D eigenvalue weighted by Crippen LogP contribution is 2.05. The first-order valence-corrected chi connectivity index (χ1v) is 7.49. The van der Waals surface area contributed by atoms with Crippen LogP contribution in [0.25, 0.3) is 0 Å². The second-order valence-electron chi connectivity index (χ2n) is 5.28. The average Bonchev–Trinajstić information content (AvgIpc) is 2.54. The summed E-state index contributed by atoms with van der Waals surface area (Å²) in [5, 5.41) is 13.5. The Morgan fingerprint density at radius 2 is 1.83 bits per heavy atom. The summed E-state index contributed by atoms with van der Waals surface area (Å²) >= 11 is 0. The Labute approximate surface area is 139 Å². The number of carboxylic acid groups (broad SMARTS) is 1. The fraction of sp³-hybridized carbons (Fsp3) is 0.375. The first-order valence-electron chi connectivity index (χ1n) is 7.49. The van der Waals surface area contributed by atoms with E-state index in [1.807, 2.05) is 6.07 Å². The summed E-state index contributed by atoms with van der Waals surface area (Å²) in [6, 6.07) is 7.20. The van der Waals surface area contributed by atoms with E-state index >= 15 is 0 Å². The van der Waals surface area contributed by atoms with Gasteiger partial charge in [-0.3, -0.25) is 19.2 Å². The van der Waals surface area contributed by atoms with E-state index in [2.05, 4.69) is 10.6 Å². The molecule has 1 aromatic carbocycles. The third-order valence-corrected chi connectivity index (χ3v) is 3.41. The number of aliphatic carboxylic acids is 1. The molecule has 0 aromatic heterocycles. The van der Waals surface area contributed by atoms with Crippen molar-refractivity contribution >= 4 is 24.2 Å². The molecular weight excluding hydrogens is 314 g/mol. The number of nitrogens with two attached hydrogens (primary N) is 1. The molecule has 0 fully saturated rings. The summed E-state index contributed by atoms with van der Waals surface area (Å²) in [5.74, 6) is -2.26. The first-order chi connectivity index (χ1) is 11.4. The number of hydrogen-bond donors (Lipinski definition) is 4. The zero-order valence-corrected chi connectivity index (χ0v) is 13.1. The quantitative estimate of drug-likeness (QED) is 0.406. The van der Waals surface area contributed by atoms with Crippen LogP contribution in [0.1, 0.15) is 24.8 Å². The molecule has 1 unspecified atom stereocenters. The molecule has 0 radical (unpaired) electrons. The molecule has 8 heteroatoms. The maximum Gasteiger partial charge on any atom is 0.303 e. The molecule has 2 atom stereocenters. The van der Waals surface area contributed by atoms with E-state index in [1.165, 1.54) is 0 Å². The van der Waals surface area contributed by atoms with Crippen LogP contribution in [0.2, 0.25) is 0 Å². The van der Waals surface area contributed by atoms with Gasteiger partial charge in [0.1, 0.15) is 12.1 Å². The van der Waals surface area contributed by atoms with Crippen molar-refractivity contribution in [2.24, 2.45) is 5.73 Å². The minimum absolute atomic E-state index is 0.117. The monoisotopic (exact) mass is 335 g/mol. The van der Waals surface area contributed by atoms with Crippen LogP contribution in [-0.2, 0) is 25.6 Å². The second-order valence-corrected chi connectivity index (χ2v) is 5.28. The third-order valence-electron chi connectivity index (χ3n) is 3.41. The van der Waals surface area contributed by atoms with Crippen LogP contribution in [0.4, 0.5) is 0 Å². The summed E-state index contributed by atoms with van der Waals surface area (Å²) in [7, 11) is 0. The molecule has 3 amide bonds. The van der Waals surface area contributed by atoms with Crippen LogP contribution in [0, 0.1) is 0 Å². The number of hydrogen-bond acceptors (Lipinski definition) is 4. The number of amides is 3. The van der Waals surface area contributed by atoms with E-state index in [4.69, 9.17) is 10.8 Å². The number of rotatable bonds is 11. The van der Waals surface area contributed by atoms with Crippen molar-refractivity contribution in [3.8, 4) is 0 Å².